The van der Waals surface area contributed by atoms with E-state index in [1.165, 1.54) is 0 Å². The summed E-state index contributed by atoms with van der Waals surface area (Å²) in [6.45, 7) is 3.92. The van der Waals surface area contributed by atoms with Crippen LogP contribution < -0.4 is 10.6 Å². The molecule has 3 aromatic rings. The van der Waals surface area contributed by atoms with E-state index in [2.05, 4.69) is 31.6 Å². The first-order valence-electron chi connectivity index (χ1n) is 11.1. The number of benzene rings is 2. The van der Waals surface area contributed by atoms with E-state index in [-0.39, 0.29) is 12.6 Å². The standard InChI is InChI=1S/C22H23BrClN5O3.F6P/c1-4-32-22(31)20(14-8-9-17(23)18(24)11-14)26-21(30)15-6-5-7-16(10-15)29-12-19(27-28-29)13(2)25-3;1-7(2,3,4,5)6/h5-13,20,25H,4H2,1-3H3,(H,26,30);/q;-1/p+1. The molecule has 1 amide bonds. The number of quaternary nitrogens is 1. The van der Waals surface area contributed by atoms with Crippen LogP contribution in [0.3, 0.4) is 0 Å². The second-order valence-electron chi connectivity index (χ2n) is 8.05. The van der Waals surface area contributed by atoms with Gasteiger partial charge in [-0.05, 0) is 65.7 Å². The molecule has 1 aromatic heterocycles. The van der Waals surface area contributed by atoms with E-state index in [9.17, 15) is 34.8 Å². The summed E-state index contributed by atoms with van der Waals surface area (Å²) in [5, 5.41) is 13.6. The number of nitrogens with two attached hydrogens (primary N) is 1. The third kappa shape index (κ3) is 11.5. The molecule has 0 spiro atoms. The molecular formula is C22H24BrClF6N5O3P. The molecule has 3 rings (SSSR count). The second-order valence-corrected chi connectivity index (χ2v) is 11.2. The fraction of sp³-hybridized carbons (Fsp3) is 0.273. The van der Waals surface area contributed by atoms with Gasteiger partial charge in [0, 0.05) is 10.0 Å². The van der Waals surface area contributed by atoms with E-state index in [0.29, 0.717) is 26.3 Å². The number of esters is 1. The molecule has 8 nitrogen and oxygen atoms in total. The first-order chi connectivity index (χ1) is 17.8. The average Bonchev–Trinajstić information content (AvgIpc) is 3.32. The number of carbonyl (C=O) groups excluding carboxylic acids is 2. The van der Waals surface area contributed by atoms with Crippen LogP contribution in [0.25, 0.3) is 5.69 Å². The minimum atomic E-state index is -10.7. The normalized spacial score (nSPS) is 14.6. The molecule has 0 fully saturated rings. The number of aromatic nitrogens is 3. The second kappa shape index (κ2) is 11.8. The third-order valence-corrected chi connectivity index (χ3v) is 6.16. The predicted molar refractivity (Wildman–Crippen MR) is 137 cm³/mol. The fourth-order valence-corrected chi connectivity index (χ4v) is 3.42. The Morgan fingerprint density at radius 1 is 1.15 bits per heavy atom. The van der Waals surface area contributed by atoms with Gasteiger partial charge in [0.15, 0.2) is 6.04 Å². The van der Waals surface area contributed by atoms with Gasteiger partial charge in [0.1, 0.15) is 11.7 Å². The fourth-order valence-electron chi connectivity index (χ4n) is 2.98. The maximum absolute atomic E-state index is 13.0. The van der Waals surface area contributed by atoms with Crippen LogP contribution in [0.4, 0.5) is 25.2 Å². The molecule has 0 saturated heterocycles. The summed E-state index contributed by atoms with van der Waals surface area (Å²) in [6, 6.07) is 11.1. The van der Waals surface area contributed by atoms with Crippen LogP contribution in [-0.4, -0.2) is 40.5 Å². The Hall–Kier alpha value is -2.74. The van der Waals surface area contributed by atoms with Gasteiger partial charge in [-0.15, -0.1) is 5.10 Å². The number of ether oxygens (including phenoxy) is 1. The molecule has 2 aromatic carbocycles. The van der Waals surface area contributed by atoms with Crippen LogP contribution in [0.2, 0.25) is 5.02 Å². The van der Waals surface area contributed by atoms with Crippen molar-refractivity contribution in [3.05, 3.63) is 75.0 Å². The van der Waals surface area contributed by atoms with Gasteiger partial charge in [-0.3, -0.25) is 4.79 Å². The average molecular weight is 667 g/mol. The SMILES string of the molecule is CCOC(=O)C(NC(=O)c1cccc(-n2cc(C(C)[NH2+]C)nn2)c1)c1ccc(Br)c(Cl)c1.F[P-](F)(F)(F)(F)F. The van der Waals surface area contributed by atoms with Crippen LogP contribution in [0, 0.1) is 0 Å². The number of rotatable bonds is 8. The van der Waals surface area contributed by atoms with Crippen molar-refractivity contribution in [2.75, 3.05) is 13.7 Å². The Balaban J connectivity index is 0.000000673. The Kier molecular flexibility index (Phi) is 9.81. The zero-order valence-corrected chi connectivity index (χ0v) is 23.8. The topological polar surface area (TPSA) is 103 Å². The number of carbonyl (C=O) groups is 2. The third-order valence-electron chi connectivity index (χ3n) is 4.93. The monoisotopic (exact) mass is 665 g/mol. The Bertz CT molecular complexity index is 1330. The Labute approximate surface area is 232 Å². The summed E-state index contributed by atoms with van der Waals surface area (Å²) in [4.78, 5) is 25.6. The molecule has 0 bridgehead atoms. The number of nitrogens with zero attached hydrogens (tertiary/aromatic N) is 3. The molecule has 0 radical (unpaired) electrons. The van der Waals surface area contributed by atoms with Crippen molar-refractivity contribution >= 4 is 47.2 Å². The summed E-state index contributed by atoms with van der Waals surface area (Å²) >= 11 is 9.52. The van der Waals surface area contributed by atoms with Gasteiger partial charge >= 0.3 is 39.0 Å². The molecule has 0 saturated carbocycles. The number of nitrogens with one attached hydrogen (secondary N) is 1. The van der Waals surface area contributed by atoms with E-state index in [1.54, 1.807) is 48.0 Å². The van der Waals surface area contributed by atoms with Crippen LogP contribution in [0.15, 0.2) is 53.1 Å². The summed E-state index contributed by atoms with van der Waals surface area (Å²) in [7, 11) is -8.69. The van der Waals surface area contributed by atoms with Crippen molar-refractivity contribution in [2.24, 2.45) is 0 Å². The van der Waals surface area contributed by atoms with Crippen LogP contribution >= 0.6 is 35.3 Å². The number of halogens is 8. The van der Waals surface area contributed by atoms with Gasteiger partial charge in [-0.25, -0.2) is 9.48 Å². The number of amides is 1. The molecule has 2 atom stereocenters. The molecular weight excluding hydrogens is 643 g/mol. The predicted octanol–water partition coefficient (Wildman–Crippen LogP) is 6.35. The van der Waals surface area contributed by atoms with Crippen molar-refractivity contribution in [1.29, 1.82) is 0 Å². The zero-order chi connectivity index (χ0) is 29.7. The zero-order valence-electron chi connectivity index (χ0n) is 20.6. The molecule has 216 valence electrons. The van der Waals surface area contributed by atoms with Crippen LogP contribution in [0.1, 0.15) is 47.5 Å². The maximum atomic E-state index is 13.0. The van der Waals surface area contributed by atoms with E-state index in [0.717, 1.165) is 5.69 Å². The van der Waals surface area contributed by atoms with E-state index in [4.69, 9.17) is 16.3 Å². The first kappa shape index (κ1) is 32.5. The van der Waals surface area contributed by atoms with Crippen molar-refractivity contribution in [3.63, 3.8) is 0 Å². The number of hydrogen-bond acceptors (Lipinski definition) is 5. The van der Waals surface area contributed by atoms with Gasteiger partial charge in [-0.1, -0.05) is 28.9 Å². The summed E-state index contributed by atoms with van der Waals surface area (Å²) in [5.74, 6) is -0.999. The molecule has 3 N–H and O–H groups in total. The van der Waals surface area contributed by atoms with Gasteiger partial charge in [0.2, 0.25) is 0 Å². The van der Waals surface area contributed by atoms with Crippen molar-refractivity contribution in [2.45, 2.75) is 25.9 Å². The summed E-state index contributed by atoms with van der Waals surface area (Å²) < 4.78 is 66.7. The molecule has 0 aliphatic heterocycles. The molecule has 39 heavy (non-hydrogen) atoms. The summed E-state index contributed by atoms with van der Waals surface area (Å²) in [6.07, 6.45) is 1.83. The van der Waals surface area contributed by atoms with Crippen molar-refractivity contribution in [3.8, 4) is 5.69 Å². The molecule has 0 aliphatic carbocycles. The molecule has 0 aliphatic rings. The van der Waals surface area contributed by atoms with Gasteiger partial charge < -0.3 is 15.4 Å². The Morgan fingerprint density at radius 2 is 1.79 bits per heavy atom. The molecule has 1 heterocycles. The van der Waals surface area contributed by atoms with Gasteiger partial charge in [-0.2, -0.15) is 0 Å². The van der Waals surface area contributed by atoms with E-state index >= 15 is 0 Å². The van der Waals surface area contributed by atoms with E-state index < -0.39 is 25.7 Å². The van der Waals surface area contributed by atoms with Gasteiger partial charge in [0.25, 0.3) is 5.91 Å². The van der Waals surface area contributed by atoms with Gasteiger partial charge in [0.05, 0.1) is 30.6 Å². The molecule has 17 heteroatoms. The quantitative estimate of drug-likeness (QED) is 0.166. The van der Waals surface area contributed by atoms with Crippen LogP contribution in [0.5, 0.6) is 0 Å². The Morgan fingerprint density at radius 3 is 2.36 bits per heavy atom. The number of hydrogen-bond donors (Lipinski definition) is 2. The van der Waals surface area contributed by atoms with Crippen molar-refractivity contribution < 1.29 is 44.8 Å². The van der Waals surface area contributed by atoms with Crippen LogP contribution in [-0.2, 0) is 9.53 Å². The minimum absolute atomic E-state index is 0.165. The van der Waals surface area contributed by atoms with Crippen molar-refractivity contribution in [1.82, 2.24) is 20.3 Å². The van der Waals surface area contributed by atoms with E-state index in [1.807, 2.05) is 31.6 Å². The summed E-state index contributed by atoms with van der Waals surface area (Å²) in [5.41, 5.74) is 2.40. The molecule has 2 unspecified atom stereocenters. The first-order valence-corrected chi connectivity index (χ1v) is 14.3.